The molecule has 1 aromatic rings. The van der Waals surface area contributed by atoms with Gasteiger partial charge in [0.05, 0.1) is 5.92 Å². The summed E-state index contributed by atoms with van der Waals surface area (Å²) < 4.78 is 0. The van der Waals surface area contributed by atoms with Crippen molar-refractivity contribution in [2.75, 3.05) is 19.6 Å². The average molecular weight is 400 g/mol. The molecule has 1 aromatic carbocycles. The largest absolute Gasteiger partial charge is 0.353 e. The van der Waals surface area contributed by atoms with Crippen molar-refractivity contribution in [1.29, 1.82) is 0 Å². The van der Waals surface area contributed by atoms with Gasteiger partial charge < -0.3 is 15.1 Å². The maximum absolute atomic E-state index is 12.6. The minimum absolute atomic E-state index is 0.0287. The van der Waals surface area contributed by atoms with Gasteiger partial charge in [0.1, 0.15) is 0 Å². The summed E-state index contributed by atoms with van der Waals surface area (Å²) in [6, 6.07) is 10.1. The maximum Gasteiger partial charge on any atom is 0.225 e. The molecule has 0 aliphatic carbocycles. The van der Waals surface area contributed by atoms with E-state index in [0.29, 0.717) is 32.5 Å². The van der Waals surface area contributed by atoms with Crippen LogP contribution in [0.1, 0.15) is 52.0 Å². The molecule has 0 radical (unpaired) electrons. The molecule has 0 spiro atoms. The van der Waals surface area contributed by atoms with E-state index in [9.17, 15) is 14.4 Å². The molecule has 0 aromatic heterocycles. The highest BCUT2D eigenvalue weighted by Crippen LogP contribution is 2.26. The number of benzene rings is 1. The summed E-state index contributed by atoms with van der Waals surface area (Å²) in [5.74, 6) is -0.0662. The SMILES string of the molecule is CC(C)(C)N1CC(C(=O)NC2CCN(C(=O)CCc3ccccc3)CC2)CC1=O. The second-order valence-electron chi connectivity index (χ2n) is 9.23. The molecule has 2 aliphatic rings. The number of aryl methyl sites for hydroxylation is 1. The molecule has 0 saturated carbocycles. The summed E-state index contributed by atoms with van der Waals surface area (Å²) in [5.41, 5.74) is 0.927. The lowest BCUT2D eigenvalue weighted by molar-refractivity contribution is -0.133. The molecule has 6 heteroatoms. The summed E-state index contributed by atoms with van der Waals surface area (Å²) in [5, 5.41) is 3.11. The highest BCUT2D eigenvalue weighted by Gasteiger charge is 2.40. The number of nitrogens with one attached hydrogen (secondary N) is 1. The molecule has 158 valence electrons. The molecular formula is C23H33N3O3. The first-order chi connectivity index (χ1) is 13.7. The molecule has 6 nitrogen and oxygen atoms in total. The van der Waals surface area contributed by atoms with E-state index in [4.69, 9.17) is 0 Å². The first kappa shape index (κ1) is 21.3. The monoisotopic (exact) mass is 399 g/mol. The summed E-state index contributed by atoms with van der Waals surface area (Å²) >= 11 is 0. The van der Waals surface area contributed by atoms with Crippen molar-refractivity contribution in [2.24, 2.45) is 5.92 Å². The van der Waals surface area contributed by atoms with Gasteiger partial charge in [-0.25, -0.2) is 0 Å². The molecule has 2 heterocycles. The normalized spacial score (nSPS) is 20.8. The number of likely N-dealkylation sites (tertiary alicyclic amines) is 2. The lowest BCUT2D eigenvalue weighted by Gasteiger charge is -2.33. The van der Waals surface area contributed by atoms with Crippen LogP contribution in [0, 0.1) is 5.92 Å². The predicted molar refractivity (Wildman–Crippen MR) is 112 cm³/mol. The van der Waals surface area contributed by atoms with E-state index in [-0.39, 0.29) is 35.2 Å². The summed E-state index contributed by atoms with van der Waals surface area (Å²) in [6.45, 7) is 7.83. The molecule has 29 heavy (non-hydrogen) atoms. The highest BCUT2D eigenvalue weighted by atomic mass is 16.2. The lowest BCUT2D eigenvalue weighted by Crippen LogP contribution is -2.48. The molecule has 3 rings (SSSR count). The number of piperidine rings is 1. The second kappa shape index (κ2) is 8.97. The number of rotatable bonds is 5. The van der Waals surface area contributed by atoms with Crippen molar-refractivity contribution in [2.45, 2.75) is 64.5 Å². The zero-order valence-corrected chi connectivity index (χ0v) is 17.8. The van der Waals surface area contributed by atoms with Crippen LogP contribution in [-0.2, 0) is 20.8 Å². The number of carbonyl (C=O) groups is 3. The fourth-order valence-corrected chi connectivity index (χ4v) is 4.18. The third-order valence-electron chi connectivity index (χ3n) is 5.97. The van der Waals surface area contributed by atoms with Crippen molar-refractivity contribution in [1.82, 2.24) is 15.1 Å². The molecular weight excluding hydrogens is 366 g/mol. The van der Waals surface area contributed by atoms with Crippen LogP contribution in [0.3, 0.4) is 0 Å². The van der Waals surface area contributed by atoms with Gasteiger partial charge in [-0.05, 0) is 45.6 Å². The Morgan fingerprint density at radius 2 is 1.76 bits per heavy atom. The average Bonchev–Trinajstić information content (AvgIpc) is 3.10. The van der Waals surface area contributed by atoms with E-state index in [2.05, 4.69) is 5.32 Å². The second-order valence-corrected chi connectivity index (χ2v) is 9.23. The van der Waals surface area contributed by atoms with E-state index in [1.165, 1.54) is 5.56 Å². The fraction of sp³-hybridized carbons (Fsp3) is 0.609. The first-order valence-corrected chi connectivity index (χ1v) is 10.7. The molecule has 1 atom stereocenters. The van der Waals surface area contributed by atoms with Crippen LogP contribution >= 0.6 is 0 Å². The Morgan fingerprint density at radius 3 is 2.34 bits per heavy atom. The van der Waals surface area contributed by atoms with Crippen LogP contribution < -0.4 is 5.32 Å². The Balaban J connectivity index is 1.41. The summed E-state index contributed by atoms with van der Waals surface area (Å²) in [7, 11) is 0. The van der Waals surface area contributed by atoms with Gasteiger partial charge in [0.15, 0.2) is 0 Å². The topological polar surface area (TPSA) is 69.7 Å². The van der Waals surface area contributed by atoms with Gasteiger partial charge in [0.2, 0.25) is 17.7 Å². The smallest absolute Gasteiger partial charge is 0.225 e. The quantitative estimate of drug-likeness (QED) is 0.826. The van der Waals surface area contributed by atoms with Gasteiger partial charge in [-0.15, -0.1) is 0 Å². The Morgan fingerprint density at radius 1 is 1.10 bits per heavy atom. The van der Waals surface area contributed by atoms with Crippen LogP contribution in [-0.4, -0.2) is 58.7 Å². The number of amides is 3. The first-order valence-electron chi connectivity index (χ1n) is 10.7. The van der Waals surface area contributed by atoms with Gasteiger partial charge >= 0.3 is 0 Å². The number of hydrogen-bond acceptors (Lipinski definition) is 3. The Kier molecular flexibility index (Phi) is 6.60. The molecule has 3 amide bonds. The van der Waals surface area contributed by atoms with Crippen LogP contribution in [0.15, 0.2) is 30.3 Å². The van der Waals surface area contributed by atoms with Crippen LogP contribution in [0.4, 0.5) is 0 Å². The summed E-state index contributed by atoms with van der Waals surface area (Å²) in [6.07, 6.45) is 3.11. The van der Waals surface area contributed by atoms with Crippen molar-refractivity contribution in [3.63, 3.8) is 0 Å². The van der Waals surface area contributed by atoms with Crippen molar-refractivity contribution in [3.8, 4) is 0 Å². The fourth-order valence-electron chi connectivity index (χ4n) is 4.18. The minimum Gasteiger partial charge on any atom is -0.353 e. The molecule has 2 aliphatic heterocycles. The standard InChI is InChI=1S/C23H33N3O3/c1-23(2,3)26-16-18(15-21(26)28)22(29)24-19-11-13-25(14-12-19)20(27)10-9-17-7-5-4-6-8-17/h4-8,18-19H,9-16H2,1-3H3,(H,24,29). The molecule has 2 fully saturated rings. The van der Waals surface area contributed by atoms with Gasteiger partial charge in [0.25, 0.3) is 0 Å². The zero-order chi connectivity index (χ0) is 21.0. The van der Waals surface area contributed by atoms with Crippen LogP contribution in [0.25, 0.3) is 0 Å². The van der Waals surface area contributed by atoms with E-state index in [0.717, 1.165) is 19.3 Å². The van der Waals surface area contributed by atoms with E-state index in [1.54, 1.807) is 4.90 Å². The van der Waals surface area contributed by atoms with E-state index >= 15 is 0 Å². The third kappa shape index (κ3) is 5.58. The van der Waals surface area contributed by atoms with E-state index < -0.39 is 0 Å². The van der Waals surface area contributed by atoms with Crippen molar-refractivity contribution in [3.05, 3.63) is 35.9 Å². The Bertz CT molecular complexity index is 733. The van der Waals surface area contributed by atoms with Crippen molar-refractivity contribution >= 4 is 17.7 Å². The maximum atomic E-state index is 12.6. The van der Waals surface area contributed by atoms with Gasteiger partial charge in [-0.2, -0.15) is 0 Å². The molecule has 1 N–H and O–H groups in total. The Labute approximate surface area is 173 Å². The Hall–Kier alpha value is -2.37. The molecule has 1 unspecified atom stereocenters. The summed E-state index contributed by atoms with van der Waals surface area (Å²) in [4.78, 5) is 41.0. The van der Waals surface area contributed by atoms with E-state index in [1.807, 2.05) is 56.0 Å². The van der Waals surface area contributed by atoms with Crippen LogP contribution in [0.5, 0.6) is 0 Å². The highest BCUT2D eigenvalue weighted by molar-refractivity contribution is 5.89. The van der Waals surface area contributed by atoms with Crippen LogP contribution in [0.2, 0.25) is 0 Å². The predicted octanol–water partition coefficient (Wildman–Crippen LogP) is 2.37. The number of hydrogen-bond donors (Lipinski definition) is 1. The van der Waals surface area contributed by atoms with Gasteiger partial charge in [0, 0.05) is 44.1 Å². The number of carbonyl (C=O) groups excluding carboxylic acids is 3. The van der Waals surface area contributed by atoms with Crippen molar-refractivity contribution < 1.29 is 14.4 Å². The zero-order valence-electron chi connectivity index (χ0n) is 17.8. The molecule has 0 bridgehead atoms. The number of nitrogens with zero attached hydrogens (tertiary/aromatic N) is 2. The van der Waals surface area contributed by atoms with Gasteiger partial charge in [-0.3, -0.25) is 14.4 Å². The lowest BCUT2D eigenvalue weighted by atomic mass is 10.0. The minimum atomic E-state index is -0.271. The third-order valence-corrected chi connectivity index (χ3v) is 5.97. The van der Waals surface area contributed by atoms with Gasteiger partial charge in [-0.1, -0.05) is 30.3 Å². The molecule has 2 saturated heterocycles.